The molecule has 3 aromatic rings. The molecule has 0 radical (unpaired) electrons. The quantitative estimate of drug-likeness (QED) is 0.680. The predicted molar refractivity (Wildman–Crippen MR) is 110 cm³/mol. The molecule has 0 atom stereocenters. The smallest absolute Gasteiger partial charge is 0.147 e. The summed E-state index contributed by atoms with van der Waals surface area (Å²) < 4.78 is 5.31. The van der Waals surface area contributed by atoms with Crippen LogP contribution in [0.1, 0.15) is 0 Å². The van der Waals surface area contributed by atoms with E-state index in [1.54, 1.807) is 13.3 Å². The Kier molecular flexibility index (Phi) is 5.12. The zero-order valence-electron chi connectivity index (χ0n) is 15.2. The largest absolute Gasteiger partial charge is 0.497 e. The number of halogens is 1. The second-order valence-corrected chi connectivity index (χ2v) is 6.88. The molecule has 1 aliphatic heterocycles. The van der Waals surface area contributed by atoms with E-state index in [4.69, 9.17) is 21.3 Å². The third kappa shape index (κ3) is 3.98. The van der Waals surface area contributed by atoms with Gasteiger partial charge in [0.25, 0.3) is 0 Å². The van der Waals surface area contributed by atoms with Gasteiger partial charge in [-0.05, 0) is 30.3 Å². The molecule has 27 heavy (non-hydrogen) atoms. The summed E-state index contributed by atoms with van der Waals surface area (Å²) in [7, 11) is 1.67. The number of rotatable bonds is 4. The third-order valence-corrected chi connectivity index (χ3v) is 5.00. The van der Waals surface area contributed by atoms with Crippen molar-refractivity contribution in [2.45, 2.75) is 0 Å². The molecular formula is C21H21ClN4O. The number of ether oxygens (including phenoxy) is 1. The summed E-state index contributed by atoms with van der Waals surface area (Å²) in [5.41, 5.74) is 3.02. The number of piperazine rings is 1. The Morgan fingerprint density at radius 3 is 2.48 bits per heavy atom. The summed E-state index contributed by atoms with van der Waals surface area (Å²) in [6.07, 6.45) is 3.62. The van der Waals surface area contributed by atoms with Gasteiger partial charge < -0.3 is 14.5 Å². The van der Waals surface area contributed by atoms with Gasteiger partial charge in [0, 0.05) is 42.5 Å². The minimum absolute atomic E-state index is 0.770. The van der Waals surface area contributed by atoms with Crippen molar-refractivity contribution in [3.63, 3.8) is 0 Å². The first kappa shape index (κ1) is 17.6. The van der Waals surface area contributed by atoms with Crippen LogP contribution in [-0.2, 0) is 0 Å². The van der Waals surface area contributed by atoms with Crippen molar-refractivity contribution in [2.75, 3.05) is 43.1 Å². The van der Waals surface area contributed by atoms with Gasteiger partial charge in [0.05, 0.1) is 25.2 Å². The zero-order chi connectivity index (χ0) is 18.6. The first-order chi connectivity index (χ1) is 13.2. The van der Waals surface area contributed by atoms with Gasteiger partial charge in [0.2, 0.25) is 0 Å². The number of aromatic nitrogens is 2. The highest BCUT2D eigenvalue weighted by Crippen LogP contribution is 2.25. The minimum atomic E-state index is 0.770. The SMILES string of the molecule is COc1cccc(-c2cncc(N3CCN(c4cccc(Cl)c4)CC3)n2)c1. The minimum Gasteiger partial charge on any atom is -0.497 e. The number of nitrogens with zero attached hydrogens (tertiary/aromatic N) is 4. The maximum absolute atomic E-state index is 6.12. The number of hydrogen-bond donors (Lipinski definition) is 0. The maximum atomic E-state index is 6.12. The summed E-state index contributed by atoms with van der Waals surface area (Å²) >= 11 is 6.12. The average Bonchev–Trinajstić information content (AvgIpc) is 2.74. The van der Waals surface area contributed by atoms with E-state index >= 15 is 0 Å². The van der Waals surface area contributed by atoms with Crippen LogP contribution in [0, 0.1) is 0 Å². The zero-order valence-corrected chi connectivity index (χ0v) is 15.9. The maximum Gasteiger partial charge on any atom is 0.147 e. The van der Waals surface area contributed by atoms with Crippen molar-refractivity contribution in [2.24, 2.45) is 0 Å². The predicted octanol–water partition coefficient (Wildman–Crippen LogP) is 4.13. The summed E-state index contributed by atoms with van der Waals surface area (Å²) in [4.78, 5) is 13.9. The van der Waals surface area contributed by atoms with E-state index in [0.29, 0.717) is 0 Å². The molecule has 4 rings (SSSR count). The van der Waals surface area contributed by atoms with Gasteiger partial charge in [0.1, 0.15) is 11.6 Å². The van der Waals surface area contributed by atoms with Crippen LogP contribution in [0.15, 0.2) is 60.9 Å². The lowest BCUT2D eigenvalue weighted by molar-refractivity contribution is 0.415. The highest BCUT2D eigenvalue weighted by atomic mass is 35.5. The Labute approximate surface area is 164 Å². The van der Waals surface area contributed by atoms with Crippen LogP contribution in [0.3, 0.4) is 0 Å². The van der Waals surface area contributed by atoms with Crippen LogP contribution in [0.5, 0.6) is 5.75 Å². The Morgan fingerprint density at radius 2 is 1.70 bits per heavy atom. The molecule has 1 aliphatic rings. The van der Waals surface area contributed by atoms with Crippen LogP contribution in [0.25, 0.3) is 11.3 Å². The third-order valence-electron chi connectivity index (χ3n) is 4.76. The van der Waals surface area contributed by atoms with E-state index in [1.807, 2.05) is 48.7 Å². The molecule has 0 aliphatic carbocycles. The summed E-state index contributed by atoms with van der Waals surface area (Å²) in [6, 6.07) is 15.9. The number of hydrogen-bond acceptors (Lipinski definition) is 5. The Balaban J connectivity index is 1.48. The fourth-order valence-corrected chi connectivity index (χ4v) is 3.48. The summed E-state index contributed by atoms with van der Waals surface area (Å²) in [5, 5.41) is 0.770. The standard InChI is InChI=1S/C21H21ClN4O/c1-27-19-7-2-4-16(12-19)20-14-23-15-21(24-20)26-10-8-25(9-11-26)18-6-3-5-17(22)13-18/h2-7,12-15H,8-11H2,1H3. The molecule has 5 nitrogen and oxygen atoms in total. The molecule has 2 aromatic carbocycles. The highest BCUT2D eigenvalue weighted by molar-refractivity contribution is 6.30. The molecule has 138 valence electrons. The average molecular weight is 381 g/mol. The van der Waals surface area contributed by atoms with E-state index in [1.165, 1.54) is 5.69 Å². The van der Waals surface area contributed by atoms with Crippen LogP contribution >= 0.6 is 11.6 Å². The van der Waals surface area contributed by atoms with Crippen molar-refractivity contribution in [1.82, 2.24) is 9.97 Å². The van der Waals surface area contributed by atoms with Crippen molar-refractivity contribution in [3.8, 4) is 17.0 Å². The first-order valence-corrected chi connectivity index (χ1v) is 9.33. The first-order valence-electron chi connectivity index (χ1n) is 8.95. The van der Waals surface area contributed by atoms with Crippen LogP contribution in [-0.4, -0.2) is 43.3 Å². The van der Waals surface area contributed by atoms with Crippen molar-refractivity contribution < 1.29 is 4.74 Å². The molecule has 0 saturated carbocycles. The molecule has 0 spiro atoms. The summed E-state index contributed by atoms with van der Waals surface area (Å²) in [6.45, 7) is 3.63. The van der Waals surface area contributed by atoms with Crippen molar-refractivity contribution >= 4 is 23.1 Å². The second kappa shape index (κ2) is 7.84. The van der Waals surface area contributed by atoms with E-state index in [-0.39, 0.29) is 0 Å². The highest BCUT2D eigenvalue weighted by Gasteiger charge is 2.19. The molecule has 0 amide bonds. The van der Waals surface area contributed by atoms with Crippen molar-refractivity contribution in [1.29, 1.82) is 0 Å². The van der Waals surface area contributed by atoms with Crippen LogP contribution in [0.4, 0.5) is 11.5 Å². The fraction of sp³-hybridized carbons (Fsp3) is 0.238. The molecule has 2 heterocycles. The Bertz CT molecular complexity index is 925. The van der Waals surface area contributed by atoms with Gasteiger partial charge in [-0.15, -0.1) is 0 Å². The number of methoxy groups -OCH3 is 1. The van der Waals surface area contributed by atoms with Crippen molar-refractivity contribution in [3.05, 3.63) is 65.9 Å². The van der Waals surface area contributed by atoms with Crippen LogP contribution < -0.4 is 14.5 Å². The topological polar surface area (TPSA) is 41.5 Å². The monoisotopic (exact) mass is 380 g/mol. The normalized spacial score (nSPS) is 14.3. The lowest BCUT2D eigenvalue weighted by Gasteiger charge is -2.36. The summed E-state index contributed by atoms with van der Waals surface area (Å²) in [5.74, 6) is 1.72. The Morgan fingerprint density at radius 1 is 0.926 bits per heavy atom. The molecule has 0 unspecified atom stereocenters. The Hall–Kier alpha value is -2.79. The molecule has 1 aromatic heterocycles. The lowest BCUT2D eigenvalue weighted by Crippen LogP contribution is -2.46. The number of anilines is 2. The molecule has 1 saturated heterocycles. The van der Waals surface area contributed by atoms with E-state index in [2.05, 4.69) is 20.9 Å². The second-order valence-electron chi connectivity index (χ2n) is 6.45. The van der Waals surface area contributed by atoms with Gasteiger partial charge in [-0.1, -0.05) is 29.8 Å². The van der Waals surface area contributed by atoms with Gasteiger partial charge in [-0.25, -0.2) is 4.98 Å². The molecular weight excluding hydrogens is 360 g/mol. The van der Waals surface area contributed by atoms with Gasteiger partial charge in [-0.3, -0.25) is 4.98 Å². The molecule has 6 heteroatoms. The van der Waals surface area contributed by atoms with Gasteiger partial charge in [0.15, 0.2) is 0 Å². The molecule has 0 bridgehead atoms. The molecule has 1 fully saturated rings. The van der Waals surface area contributed by atoms with Gasteiger partial charge in [-0.2, -0.15) is 0 Å². The lowest BCUT2D eigenvalue weighted by atomic mass is 10.1. The van der Waals surface area contributed by atoms with E-state index in [0.717, 1.165) is 54.0 Å². The van der Waals surface area contributed by atoms with Gasteiger partial charge >= 0.3 is 0 Å². The fourth-order valence-electron chi connectivity index (χ4n) is 3.30. The van der Waals surface area contributed by atoms with E-state index in [9.17, 15) is 0 Å². The molecule has 0 N–H and O–H groups in total. The van der Waals surface area contributed by atoms with Crippen LogP contribution in [0.2, 0.25) is 5.02 Å². The van der Waals surface area contributed by atoms with E-state index < -0.39 is 0 Å². The number of benzene rings is 2.